The molecule has 0 aromatic carbocycles. The number of aryl methyl sites for hydroxylation is 1. The molecular formula is C13H15N3O3S2. The molecule has 0 bridgehead atoms. The Morgan fingerprint density at radius 3 is 2.57 bits per heavy atom. The second kappa shape index (κ2) is 5.36. The Balaban J connectivity index is 1.97. The maximum absolute atomic E-state index is 12.8. The Morgan fingerprint density at radius 2 is 2.05 bits per heavy atom. The lowest BCUT2D eigenvalue weighted by Crippen LogP contribution is -2.32. The first-order valence-corrected chi connectivity index (χ1v) is 8.84. The largest absolute Gasteiger partial charge is 0.315 e. The average molecular weight is 325 g/mol. The van der Waals surface area contributed by atoms with Gasteiger partial charge in [0.05, 0.1) is 0 Å². The fourth-order valence-corrected chi connectivity index (χ4v) is 5.27. The van der Waals surface area contributed by atoms with E-state index in [2.05, 4.69) is 9.97 Å². The maximum Gasteiger partial charge on any atom is 0.305 e. The van der Waals surface area contributed by atoms with E-state index >= 15 is 0 Å². The Hall–Kier alpha value is -1.51. The molecule has 1 fully saturated rings. The lowest BCUT2D eigenvalue weighted by Gasteiger charge is -2.21. The van der Waals surface area contributed by atoms with E-state index in [1.54, 1.807) is 31.5 Å². The van der Waals surface area contributed by atoms with Gasteiger partial charge in [-0.3, -0.25) is 9.78 Å². The minimum Gasteiger partial charge on any atom is -0.315 e. The molecule has 3 rings (SSSR count). The quantitative estimate of drug-likeness (QED) is 0.903. The SMILES string of the molecule is Cc1[nH]c(=O)sc1S(=O)(=O)N(Cc1ccncc1)C1CC1. The molecule has 0 aliphatic heterocycles. The van der Waals surface area contributed by atoms with Gasteiger partial charge in [-0.25, -0.2) is 8.42 Å². The number of nitrogens with one attached hydrogen (secondary N) is 1. The van der Waals surface area contributed by atoms with E-state index in [-0.39, 0.29) is 15.1 Å². The molecule has 1 saturated carbocycles. The van der Waals surface area contributed by atoms with E-state index in [9.17, 15) is 13.2 Å². The highest BCUT2D eigenvalue weighted by atomic mass is 32.2. The molecule has 0 saturated heterocycles. The molecule has 2 aromatic heterocycles. The van der Waals surface area contributed by atoms with Crippen molar-refractivity contribution >= 4 is 21.4 Å². The summed E-state index contributed by atoms with van der Waals surface area (Å²) < 4.78 is 27.2. The number of H-pyrrole nitrogens is 1. The highest BCUT2D eigenvalue weighted by Crippen LogP contribution is 2.34. The molecular weight excluding hydrogens is 310 g/mol. The standard InChI is InChI=1S/C13H15N3O3S2/c1-9-12(20-13(17)15-9)21(18,19)16(11-2-3-11)8-10-4-6-14-7-5-10/h4-7,11H,2-3,8H2,1H3,(H,15,17). The molecule has 2 heterocycles. The van der Waals surface area contributed by atoms with Crippen LogP contribution in [0, 0.1) is 6.92 Å². The van der Waals surface area contributed by atoms with Crippen LogP contribution in [0.25, 0.3) is 0 Å². The molecule has 0 atom stereocenters. The van der Waals surface area contributed by atoms with Crippen molar-refractivity contribution in [2.75, 3.05) is 0 Å². The van der Waals surface area contributed by atoms with Gasteiger partial charge < -0.3 is 4.98 Å². The lowest BCUT2D eigenvalue weighted by molar-refractivity contribution is 0.399. The van der Waals surface area contributed by atoms with Crippen LogP contribution < -0.4 is 4.87 Å². The van der Waals surface area contributed by atoms with Crippen LogP contribution in [-0.4, -0.2) is 28.7 Å². The minimum atomic E-state index is -3.65. The summed E-state index contributed by atoms with van der Waals surface area (Å²) in [4.78, 5) is 17.5. The van der Waals surface area contributed by atoms with Crippen LogP contribution in [0.15, 0.2) is 33.5 Å². The van der Waals surface area contributed by atoms with Crippen molar-refractivity contribution in [3.05, 3.63) is 45.5 Å². The number of pyridine rings is 1. The van der Waals surface area contributed by atoms with Crippen LogP contribution in [0.3, 0.4) is 0 Å². The number of aromatic amines is 1. The van der Waals surface area contributed by atoms with Gasteiger partial charge in [0.1, 0.15) is 0 Å². The predicted molar refractivity (Wildman–Crippen MR) is 79.7 cm³/mol. The van der Waals surface area contributed by atoms with Gasteiger partial charge in [0, 0.05) is 30.7 Å². The minimum absolute atomic E-state index is 0.0276. The van der Waals surface area contributed by atoms with Gasteiger partial charge in [-0.1, -0.05) is 11.3 Å². The third kappa shape index (κ3) is 2.92. The summed E-state index contributed by atoms with van der Waals surface area (Å²) in [6.07, 6.45) is 5.02. The summed E-state index contributed by atoms with van der Waals surface area (Å²) >= 11 is 0.752. The molecule has 0 spiro atoms. The Kier molecular flexibility index (Phi) is 3.68. The van der Waals surface area contributed by atoms with Crippen molar-refractivity contribution in [2.45, 2.75) is 36.6 Å². The van der Waals surface area contributed by atoms with Gasteiger partial charge >= 0.3 is 4.87 Å². The number of hydrogen-bond donors (Lipinski definition) is 1. The van der Waals surface area contributed by atoms with E-state index in [4.69, 9.17) is 0 Å². The Labute approximate surface area is 126 Å². The first-order chi connectivity index (χ1) is 9.98. The van der Waals surface area contributed by atoms with Crippen molar-refractivity contribution in [3.63, 3.8) is 0 Å². The highest BCUT2D eigenvalue weighted by Gasteiger charge is 2.39. The summed E-state index contributed by atoms with van der Waals surface area (Å²) in [6.45, 7) is 1.92. The normalized spacial score (nSPS) is 15.5. The highest BCUT2D eigenvalue weighted by molar-refractivity contribution is 7.91. The van der Waals surface area contributed by atoms with Crippen molar-refractivity contribution in [3.8, 4) is 0 Å². The molecule has 1 aliphatic carbocycles. The molecule has 1 N–H and O–H groups in total. The first-order valence-electron chi connectivity index (χ1n) is 6.59. The van der Waals surface area contributed by atoms with Crippen LogP contribution >= 0.6 is 11.3 Å². The number of hydrogen-bond acceptors (Lipinski definition) is 5. The van der Waals surface area contributed by atoms with Crippen molar-refractivity contribution in [1.29, 1.82) is 0 Å². The first kappa shape index (κ1) is 14.4. The molecule has 0 unspecified atom stereocenters. The monoisotopic (exact) mass is 325 g/mol. The van der Waals surface area contributed by atoms with E-state index in [0.717, 1.165) is 29.7 Å². The predicted octanol–water partition coefficient (Wildman–Crippen LogP) is 1.49. The topological polar surface area (TPSA) is 83.1 Å². The summed E-state index contributed by atoms with van der Waals surface area (Å²) in [6, 6.07) is 3.63. The maximum atomic E-state index is 12.8. The van der Waals surface area contributed by atoms with Gasteiger partial charge in [0.2, 0.25) is 0 Å². The van der Waals surface area contributed by atoms with Crippen molar-refractivity contribution in [2.24, 2.45) is 0 Å². The zero-order valence-corrected chi connectivity index (χ0v) is 13.1. The van der Waals surface area contributed by atoms with E-state index in [1.807, 2.05) is 0 Å². The van der Waals surface area contributed by atoms with Crippen LogP contribution in [0.4, 0.5) is 0 Å². The summed E-state index contributed by atoms with van der Waals surface area (Å²) in [5, 5.41) is 0. The van der Waals surface area contributed by atoms with Gasteiger partial charge in [-0.15, -0.1) is 0 Å². The van der Waals surface area contributed by atoms with E-state index in [1.165, 1.54) is 4.31 Å². The molecule has 112 valence electrons. The molecule has 1 aliphatic rings. The molecule has 8 heteroatoms. The summed E-state index contributed by atoms with van der Waals surface area (Å²) in [5.74, 6) is 0. The van der Waals surface area contributed by atoms with Gasteiger partial charge in [-0.2, -0.15) is 4.31 Å². The second-order valence-electron chi connectivity index (χ2n) is 5.06. The molecule has 0 amide bonds. The zero-order chi connectivity index (χ0) is 15.0. The zero-order valence-electron chi connectivity index (χ0n) is 11.4. The van der Waals surface area contributed by atoms with Gasteiger partial charge in [-0.05, 0) is 37.5 Å². The third-order valence-corrected chi connectivity index (χ3v) is 6.85. The van der Waals surface area contributed by atoms with E-state index in [0.29, 0.717) is 12.2 Å². The summed E-state index contributed by atoms with van der Waals surface area (Å²) in [5.41, 5.74) is 1.30. The number of nitrogens with zero attached hydrogens (tertiary/aromatic N) is 2. The lowest BCUT2D eigenvalue weighted by atomic mass is 10.3. The van der Waals surface area contributed by atoms with Crippen molar-refractivity contribution in [1.82, 2.24) is 14.3 Å². The van der Waals surface area contributed by atoms with Crippen LogP contribution in [0.1, 0.15) is 24.1 Å². The fourth-order valence-electron chi connectivity index (χ4n) is 2.18. The molecule has 0 radical (unpaired) electrons. The van der Waals surface area contributed by atoms with Crippen LogP contribution in [0.5, 0.6) is 0 Å². The average Bonchev–Trinajstić information content (AvgIpc) is 3.21. The molecule has 2 aromatic rings. The number of sulfonamides is 1. The van der Waals surface area contributed by atoms with Crippen molar-refractivity contribution < 1.29 is 8.42 Å². The Morgan fingerprint density at radius 1 is 1.38 bits per heavy atom. The molecule has 6 nitrogen and oxygen atoms in total. The third-order valence-electron chi connectivity index (χ3n) is 3.37. The number of aromatic nitrogens is 2. The Bertz CT molecular complexity index is 792. The van der Waals surface area contributed by atoms with Crippen LogP contribution in [-0.2, 0) is 16.6 Å². The molecule has 21 heavy (non-hydrogen) atoms. The second-order valence-corrected chi connectivity index (χ2v) is 8.13. The number of thiazole rings is 1. The van der Waals surface area contributed by atoms with E-state index < -0.39 is 10.0 Å². The number of rotatable bonds is 5. The smallest absolute Gasteiger partial charge is 0.305 e. The van der Waals surface area contributed by atoms with Gasteiger partial charge in [0.25, 0.3) is 10.0 Å². The van der Waals surface area contributed by atoms with Gasteiger partial charge in [0.15, 0.2) is 4.21 Å². The van der Waals surface area contributed by atoms with Crippen LogP contribution in [0.2, 0.25) is 0 Å². The summed E-state index contributed by atoms with van der Waals surface area (Å²) in [7, 11) is -3.65. The fraction of sp³-hybridized carbons (Fsp3) is 0.385.